The molecule has 3 aromatic rings. The van der Waals surface area contributed by atoms with Crippen molar-refractivity contribution in [1.29, 1.82) is 0 Å². The first kappa shape index (κ1) is 13.4. The molecule has 0 aliphatic heterocycles. The first-order valence-electron chi connectivity index (χ1n) is 6.12. The van der Waals surface area contributed by atoms with Crippen LogP contribution in [0, 0.1) is 0 Å². The predicted molar refractivity (Wildman–Crippen MR) is 70.9 cm³/mol. The maximum atomic E-state index is 12.0. The van der Waals surface area contributed by atoms with Crippen LogP contribution in [0.25, 0.3) is 22.4 Å². The molecule has 0 aliphatic carbocycles. The maximum absolute atomic E-state index is 12.0. The molecule has 1 aromatic carbocycles. The molecular weight excluding hydrogens is 283 g/mol. The van der Waals surface area contributed by atoms with Crippen LogP contribution in [0.3, 0.4) is 0 Å². The summed E-state index contributed by atoms with van der Waals surface area (Å²) in [6.07, 6.45) is -2.96. The van der Waals surface area contributed by atoms with E-state index in [1.807, 2.05) is 24.3 Å². The van der Waals surface area contributed by atoms with Crippen molar-refractivity contribution in [2.45, 2.75) is 6.18 Å². The fourth-order valence-corrected chi connectivity index (χ4v) is 1.85. The van der Waals surface area contributed by atoms with Gasteiger partial charge in [-0.25, -0.2) is 9.97 Å². The Morgan fingerprint density at radius 2 is 1.90 bits per heavy atom. The Labute approximate surface area is 117 Å². The highest BCUT2D eigenvalue weighted by atomic mass is 19.4. The average molecular weight is 293 g/mol. The first-order valence-corrected chi connectivity index (χ1v) is 6.12. The number of ether oxygens (including phenoxy) is 1. The fraction of sp³-hybridized carbons (Fsp3) is 0.143. The second kappa shape index (κ2) is 5.08. The second-order valence-corrected chi connectivity index (χ2v) is 4.39. The molecule has 108 valence electrons. The second-order valence-electron chi connectivity index (χ2n) is 4.39. The number of nitrogens with one attached hydrogen (secondary N) is 1. The van der Waals surface area contributed by atoms with Crippen molar-refractivity contribution in [2.75, 3.05) is 6.61 Å². The van der Waals surface area contributed by atoms with E-state index in [9.17, 15) is 13.2 Å². The van der Waals surface area contributed by atoms with Crippen LogP contribution in [0.1, 0.15) is 0 Å². The minimum absolute atomic E-state index is 0.0767. The molecule has 4 nitrogen and oxygen atoms in total. The zero-order valence-corrected chi connectivity index (χ0v) is 10.7. The molecule has 0 fully saturated rings. The summed E-state index contributed by atoms with van der Waals surface area (Å²) in [4.78, 5) is 11.3. The highest BCUT2D eigenvalue weighted by Gasteiger charge is 2.28. The summed E-state index contributed by atoms with van der Waals surface area (Å²) in [5, 5.41) is 0. The lowest BCUT2D eigenvalue weighted by Crippen LogP contribution is -2.19. The van der Waals surface area contributed by atoms with Gasteiger partial charge in [0.15, 0.2) is 6.61 Å². The van der Waals surface area contributed by atoms with Gasteiger partial charge in [0.2, 0.25) is 5.88 Å². The number of aromatic amines is 1. The molecule has 7 heteroatoms. The van der Waals surface area contributed by atoms with E-state index in [-0.39, 0.29) is 5.88 Å². The molecule has 2 aromatic heterocycles. The Hall–Kier alpha value is -2.57. The van der Waals surface area contributed by atoms with E-state index in [2.05, 4.69) is 19.7 Å². The standard InChI is InChI=1S/C14H10F3N3O/c15-14(16,17)8-21-12-6-5-9(7-18-12)13-19-10-3-1-2-4-11(10)20-13/h1-7H,8H2,(H,19,20). The molecule has 0 amide bonds. The summed E-state index contributed by atoms with van der Waals surface area (Å²) in [5.74, 6) is 0.526. The molecule has 0 atom stereocenters. The van der Waals surface area contributed by atoms with E-state index >= 15 is 0 Å². The third kappa shape index (κ3) is 3.13. The number of rotatable bonds is 3. The van der Waals surface area contributed by atoms with Crippen LogP contribution in [0.5, 0.6) is 5.88 Å². The highest BCUT2D eigenvalue weighted by Crippen LogP contribution is 2.22. The summed E-state index contributed by atoms with van der Waals surface area (Å²) in [6, 6.07) is 10.5. The summed E-state index contributed by atoms with van der Waals surface area (Å²) in [7, 11) is 0. The molecule has 0 saturated carbocycles. The SMILES string of the molecule is FC(F)(F)COc1ccc(-c2nc3ccccc3[nH]2)cn1. The van der Waals surface area contributed by atoms with Gasteiger partial charge in [-0.1, -0.05) is 12.1 Å². The van der Waals surface area contributed by atoms with Gasteiger partial charge < -0.3 is 9.72 Å². The summed E-state index contributed by atoms with van der Waals surface area (Å²) in [5.41, 5.74) is 2.36. The van der Waals surface area contributed by atoms with Crippen molar-refractivity contribution in [1.82, 2.24) is 15.0 Å². The summed E-state index contributed by atoms with van der Waals surface area (Å²) >= 11 is 0. The minimum atomic E-state index is -4.38. The normalized spacial score (nSPS) is 11.8. The number of H-pyrrole nitrogens is 1. The largest absolute Gasteiger partial charge is 0.468 e. The van der Waals surface area contributed by atoms with Gasteiger partial charge in [0.25, 0.3) is 0 Å². The molecule has 3 rings (SSSR count). The number of hydrogen-bond donors (Lipinski definition) is 1. The van der Waals surface area contributed by atoms with E-state index in [1.165, 1.54) is 12.3 Å². The number of benzene rings is 1. The van der Waals surface area contributed by atoms with Gasteiger partial charge in [0.05, 0.1) is 11.0 Å². The maximum Gasteiger partial charge on any atom is 0.422 e. The van der Waals surface area contributed by atoms with Crippen molar-refractivity contribution in [2.24, 2.45) is 0 Å². The van der Waals surface area contributed by atoms with Crippen LogP contribution in [-0.2, 0) is 0 Å². The lowest BCUT2D eigenvalue weighted by molar-refractivity contribution is -0.154. The van der Waals surface area contributed by atoms with E-state index < -0.39 is 12.8 Å². The van der Waals surface area contributed by atoms with Crippen molar-refractivity contribution in [3.05, 3.63) is 42.6 Å². The first-order chi connectivity index (χ1) is 10.0. The molecule has 0 aliphatic rings. The number of aromatic nitrogens is 3. The number of nitrogens with zero attached hydrogens (tertiary/aromatic N) is 2. The molecule has 0 unspecified atom stereocenters. The Balaban J connectivity index is 1.80. The van der Waals surface area contributed by atoms with E-state index in [4.69, 9.17) is 0 Å². The van der Waals surface area contributed by atoms with E-state index in [0.717, 1.165) is 11.0 Å². The molecule has 0 saturated heterocycles. The van der Waals surface area contributed by atoms with Gasteiger partial charge in [-0.05, 0) is 18.2 Å². The predicted octanol–water partition coefficient (Wildman–Crippen LogP) is 3.57. The van der Waals surface area contributed by atoms with Gasteiger partial charge >= 0.3 is 6.18 Å². The Bertz CT molecular complexity index is 717. The summed E-state index contributed by atoms with van der Waals surface area (Å²) < 4.78 is 40.7. The topological polar surface area (TPSA) is 50.8 Å². The third-order valence-corrected chi connectivity index (χ3v) is 2.78. The lowest BCUT2D eigenvalue weighted by atomic mass is 10.3. The Morgan fingerprint density at radius 3 is 2.57 bits per heavy atom. The molecule has 0 bridgehead atoms. The Morgan fingerprint density at radius 1 is 1.10 bits per heavy atom. The fourth-order valence-electron chi connectivity index (χ4n) is 1.85. The summed E-state index contributed by atoms with van der Waals surface area (Å²) in [6.45, 7) is -1.36. The highest BCUT2D eigenvalue weighted by molar-refractivity contribution is 5.79. The molecule has 2 heterocycles. The van der Waals surface area contributed by atoms with E-state index in [1.54, 1.807) is 6.07 Å². The lowest BCUT2D eigenvalue weighted by Gasteiger charge is -2.08. The molecule has 1 N–H and O–H groups in total. The van der Waals surface area contributed by atoms with Crippen LogP contribution in [0.2, 0.25) is 0 Å². The number of halogens is 3. The van der Waals surface area contributed by atoms with Crippen LogP contribution in [0.4, 0.5) is 13.2 Å². The van der Waals surface area contributed by atoms with Crippen LogP contribution in [0.15, 0.2) is 42.6 Å². The third-order valence-electron chi connectivity index (χ3n) is 2.78. The number of fused-ring (bicyclic) bond motifs is 1. The van der Waals surface area contributed by atoms with Crippen LogP contribution < -0.4 is 4.74 Å². The van der Waals surface area contributed by atoms with Crippen molar-refractivity contribution < 1.29 is 17.9 Å². The van der Waals surface area contributed by atoms with E-state index in [0.29, 0.717) is 11.4 Å². The molecule has 0 spiro atoms. The van der Waals surface area contributed by atoms with Crippen molar-refractivity contribution in [3.63, 3.8) is 0 Å². The molecule has 0 radical (unpaired) electrons. The quantitative estimate of drug-likeness (QED) is 0.803. The zero-order chi connectivity index (χ0) is 14.9. The number of hydrogen-bond acceptors (Lipinski definition) is 3. The number of pyridine rings is 1. The number of para-hydroxylation sites is 2. The number of alkyl halides is 3. The minimum Gasteiger partial charge on any atom is -0.468 e. The monoisotopic (exact) mass is 293 g/mol. The van der Waals surface area contributed by atoms with Gasteiger partial charge in [-0.2, -0.15) is 13.2 Å². The smallest absolute Gasteiger partial charge is 0.422 e. The zero-order valence-electron chi connectivity index (χ0n) is 10.7. The molecular formula is C14H10F3N3O. The Kier molecular flexibility index (Phi) is 3.25. The molecule has 21 heavy (non-hydrogen) atoms. The van der Waals surface area contributed by atoms with Crippen LogP contribution >= 0.6 is 0 Å². The van der Waals surface area contributed by atoms with Gasteiger partial charge in [-0.15, -0.1) is 0 Å². The number of imidazole rings is 1. The van der Waals surface area contributed by atoms with Gasteiger partial charge in [0, 0.05) is 17.8 Å². The van der Waals surface area contributed by atoms with Crippen LogP contribution in [-0.4, -0.2) is 27.7 Å². The van der Waals surface area contributed by atoms with Crippen molar-refractivity contribution in [3.8, 4) is 17.3 Å². The van der Waals surface area contributed by atoms with Gasteiger partial charge in [-0.3, -0.25) is 0 Å². The average Bonchev–Trinajstić information content (AvgIpc) is 2.89. The van der Waals surface area contributed by atoms with Crippen molar-refractivity contribution >= 4 is 11.0 Å². The van der Waals surface area contributed by atoms with Gasteiger partial charge in [0.1, 0.15) is 5.82 Å².